The lowest BCUT2D eigenvalue weighted by Gasteiger charge is -2.22. The SMILES string of the molecule is Cc1cccc(Cn2nc(CNCC3CCNCC3)c(-c3ccccc3)n2)c1. The van der Waals surface area contributed by atoms with Crippen molar-refractivity contribution in [3.05, 3.63) is 71.4 Å². The first-order valence-corrected chi connectivity index (χ1v) is 10.2. The zero-order valence-electron chi connectivity index (χ0n) is 16.6. The van der Waals surface area contributed by atoms with Gasteiger partial charge in [-0.3, -0.25) is 0 Å². The fraction of sp³-hybridized carbons (Fsp3) is 0.391. The summed E-state index contributed by atoms with van der Waals surface area (Å²) in [5.74, 6) is 0.753. The van der Waals surface area contributed by atoms with Gasteiger partial charge in [-0.25, -0.2) is 0 Å². The van der Waals surface area contributed by atoms with Crippen LogP contribution in [-0.2, 0) is 13.1 Å². The molecule has 3 aromatic rings. The zero-order chi connectivity index (χ0) is 19.2. The number of hydrogen-bond acceptors (Lipinski definition) is 4. The molecular weight excluding hydrogens is 346 g/mol. The molecule has 1 saturated heterocycles. The van der Waals surface area contributed by atoms with Crippen molar-refractivity contribution in [1.82, 2.24) is 25.6 Å². The van der Waals surface area contributed by atoms with E-state index in [1.165, 1.54) is 24.0 Å². The minimum Gasteiger partial charge on any atom is -0.317 e. The molecule has 5 heteroatoms. The molecule has 0 aliphatic carbocycles. The molecule has 0 atom stereocenters. The van der Waals surface area contributed by atoms with Crippen molar-refractivity contribution in [2.45, 2.75) is 32.9 Å². The summed E-state index contributed by atoms with van der Waals surface area (Å²) < 4.78 is 0. The summed E-state index contributed by atoms with van der Waals surface area (Å²) in [5.41, 5.74) is 5.61. The Labute approximate surface area is 167 Å². The molecule has 0 unspecified atom stereocenters. The number of aromatic nitrogens is 3. The topological polar surface area (TPSA) is 54.8 Å². The second kappa shape index (κ2) is 9.13. The van der Waals surface area contributed by atoms with Crippen molar-refractivity contribution in [3.8, 4) is 11.3 Å². The van der Waals surface area contributed by atoms with Gasteiger partial charge in [0.05, 0.1) is 6.54 Å². The third kappa shape index (κ3) is 4.86. The van der Waals surface area contributed by atoms with Crippen LogP contribution in [0.5, 0.6) is 0 Å². The fourth-order valence-corrected chi connectivity index (χ4v) is 3.85. The normalized spacial score (nSPS) is 15.0. The second-order valence-electron chi connectivity index (χ2n) is 7.71. The minimum absolute atomic E-state index is 0.690. The van der Waals surface area contributed by atoms with E-state index in [1.807, 2.05) is 10.9 Å². The standard InChI is InChI=1S/C23H29N5/c1-18-6-5-7-20(14-18)17-28-26-22(16-25-15-19-10-12-24-13-11-19)23(27-28)21-8-3-2-4-9-21/h2-9,14,19,24-25H,10-13,15-17H2,1H3. The van der Waals surface area contributed by atoms with Crippen molar-refractivity contribution in [2.24, 2.45) is 5.92 Å². The van der Waals surface area contributed by atoms with E-state index in [-0.39, 0.29) is 0 Å². The van der Waals surface area contributed by atoms with Gasteiger partial charge in [0.15, 0.2) is 0 Å². The molecule has 2 N–H and O–H groups in total. The van der Waals surface area contributed by atoms with Gasteiger partial charge in [0.25, 0.3) is 0 Å². The molecule has 28 heavy (non-hydrogen) atoms. The van der Waals surface area contributed by atoms with Gasteiger partial charge in [0.1, 0.15) is 11.4 Å². The molecule has 2 aromatic carbocycles. The van der Waals surface area contributed by atoms with Crippen LogP contribution >= 0.6 is 0 Å². The molecule has 0 radical (unpaired) electrons. The summed E-state index contributed by atoms with van der Waals surface area (Å²) in [6.45, 7) is 6.87. The van der Waals surface area contributed by atoms with Crippen LogP contribution in [0.15, 0.2) is 54.6 Å². The van der Waals surface area contributed by atoms with Crippen molar-refractivity contribution in [1.29, 1.82) is 0 Å². The quantitative estimate of drug-likeness (QED) is 0.665. The lowest BCUT2D eigenvalue weighted by molar-refractivity contribution is 0.355. The van der Waals surface area contributed by atoms with Gasteiger partial charge in [0.2, 0.25) is 0 Å². The number of rotatable bonds is 7. The summed E-state index contributed by atoms with van der Waals surface area (Å²) in [5, 5.41) is 16.7. The molecule has 0 bridgehead atoms. The Morgan fingerprint density at radius 1 is 1.04 bits per heavy atom. The molecule has 0 saturated carbocycles. The Hall–Kier alpha value is -2.50. The van der Waals surface area contributed by atoms with Gasteiger partial charge in [0, 0.05) is 12.1 Å². The Balaban J connectivity index is 1.50. The number of nitrogens with zero attached hydrogens (tertiary/aromatic N) is 3. The smallest absolute Gasteiger partial charge is 0.117 e. The Kier molecular flexibility index (Phi) is 6.14. The van der Waals surface area contributed by atoms with Crippen LogP contribution in [0.1, 0.15) is 29.7 Å². The largest absolute Gasteiger partial charge is 0.317 e. The van der Waals surface area contributed by atoms with Crippen molar-refractivity contribution in [3.63, 3.8) is 0 Å². The van der Waals surface area contributed by atoms with E-state index in [4.69, 9.17) is 10.2 Å². The number of aryl methyl sites for hydroxylation is 1. The Morgan fingerprint density at radius 2 is 1.86 bits per heavy atom. The van der Waals surface area contributed by atoms with Gasteiger partial charge in [-0.1, -0.05) is 60.2 Å². The van der Waals surface area contributed by atoms with E-state index in [1.54, 1.807) is 0 Å². The maximum absolute atomic E-state index is 4.83. The van der Waals surface area contributed by atoms with Crippen LogP contribution in [0, 0.1) is 12.8 Å². The van der Waals surface area contributed by atoms with Crippen LogP contribution in [0.4, 0.5) is 0 Å². The van der Waals surface area contributed by atoms with Gasteiger partial charge < -0.3 is 10.6 Å². The lowest BCUT2D eigenvalue weighted by atomic mass is 9.98. The van der Waals surface area contributed by atoms with Crippen LogP contribution < -0.4 is 10.6 Å². The minimum atomic E-state index is 0.690. The monoisotopic (exact) mass is 375 g/mol. The van der Waals surface area contributed by atoms with E-state index >= 15 is 0 Å². The third-order valence-corrected chi connectivity index (χ3v) is 5.36. The summed E-state index contributed by atoms with van der Waals surface area (Å²) >= 11 is 0. The average Bonchev–Trinajstić information content (AvgIpc) is 3.12. The number of nitrogens with one attached hydrogen (secondary N) is 2. The first-order chi connectivity index (χ1) is 13.8. The molecule has 2 heterocycles. The summed E-state index contributed by atoms with van der Waals surface area (Å²) in [6.07, 6.45) is 2.50. The Bertz CT molecular complexity index is 881. The van der Waals surface area contributed by atoms with Crippen LogP contribution in [0.3, 0.4) is 0 Å². The highest BCUT2D eigenvalue weighted by Crippen LogP contribution is 2.21. The third-order valence-electron chi connectivity index (χ3n) is 5.36. The summed E-state index contributed by atoms with van der Waals surface area (Å²) in [7, 11) is 0. The van der Waals surface area contributed by atoms with Crippen molar-refractivity contribution >= 4 is 0 Å². The predicted molar refractivity (Wildman–Crippen MR) is 113 cm³/mol. The predicted octanol–water partition coefficient (Wildman–Crippen LogP) is 3.39. The van der Waals surface area contributed by atoms with Gasteiger partial charge in [-0.2, -0.15) is 15.0 Å². The average molecular weight is 376 g/mol. The molecule has 1 aromatic heterocycles. The van der Waals surface area contributed by atoms with Crippen molar-refractivity contribution in [2.75, 3.05) is 19.6 Å². The Morgan fingerprint density at radius 3 is 2.64 bits per heavy atom. The number of hydrogen-bond donors (Lipinski definition) is 2. The van der Waals surface area contributed by atoms with Gasteiger partial charge in [-0.05, 0) is 50.9 Å². The first kappa shape index (κ1) is 18.8. The van der Waals surface area contributed by atoms with Crippen LogP contribution in [-0.4, -0.2) is 34.6 Å². The second-order valence-corrected chi connectivity index (χ2v) is 7.71. The molecule has 5 nitrogen and oxygen atoms in total. The zero-order valence-corrected chi connectivity index (χ0v) is 16.6. The van der Waals surface area contributed by atoms with E-state index < -0.39 is 0 Å². The van der Waals surface area contributed by atoms with Crippen LogP contribution in [0.25, 0.3) is 11.3 Å². The number of benzene rings is 2. The molecule has 0 spiro atoms. The van der Waals surface area contributed by atoms with E-state index in [0.29, 0.717) is 6.54 Å². The molecule has 1 aliphatic rings. The molecule has 146 valence electrons. The lowest BCUT2D eigenvalue weighted by Crippen LogP contribution is -2.33. The molecule has 1 aliphatic heterocycles. The summed E-state index contributed by atoms with van der Waals surface area (Å²) in [4.78, 5) is 1.83. The highest BCUT2D eigenvalue weighted by Gasteiger charge is 2.16. The highest BCUT2D eigenvalue weighted by molar-refractivity contribution is 5.60. The van der Waals surface area contributed by atoms with Gasteiger partial charge >= 0.3 is 0 Å². The number of piperidine rings is 1. The molecular formula is C23H29N5. The molecule has 0 amide bonds. The summed E-state index contributed by atoms with van der Waals surface area (Å²) in [6, 6.07) is 18.9. The van der Waals surface area contributed by atoms with Crippen molar-refractivity contribution < 1.29 is 0 Å². The van der Waals surface area contributed by atoms with E-state index in [9.17, 15) is 0 Å². The highest BCUT2D eigenvalue weighted by atomic mass is 15.5. The fourth-order valence-electron chi connectivity index (χ4n) is 3.85. The maximum Gasteiger partial charge on any atom is 0.117 e. The first-order valence-electron chi connectivity index (χ1n) is 10.2. The molecule has 1 fully saturated rings. The van der Waals surface area contributed by atoms with Gasteiger partial charge in [-0.15, -0.1) is 0 Å². The van der Waals surface area contributed by atoms with Crippen LogP contribution in [0.2, 0.25) is 0 Å². The van der Waals surface area contributed by atoms with E-state index in [0.717, 1.165) is 49.0 Å². The van der Waals surface area contributed by atoms with E-state index in [2.05, 4.69) is 66.1 Å². The molecule has 4 rings (SSSR count). The maximum atomic E-state index is 4.83.